The van der Waals surface area contributed by atoms with Crippen molar-refractivity contribution in [3.63, 3.8) is 0 Å². The molecule has 0 spiro atoms. The molecule has 0 fully saturated rings. The fraction of sp³-hybridized carbons (Fsp3) is 0.0833. The third-order valence-corrected chi connectivity index (χ3v) is 6.30. The number of benzene rings is 3. The van der Waals surface area contributed by atoms with Gasteiger partial charge in [-0.3, -0.25) is 0 Å². The van der Waals surface area contributed by atoms with Gasteiger partial charge >= 0.3 is 5.97 Å². The van der Waals surface area contributed by atoms with Gasteiger partial charge in [-0.05, 0) is 53.6 Å². The number of nitrogens with zero attached hydrogens (tertiary/aromatic N) is 2. The van der Waals surface area contributed by atoms with Crippen LogP contribution in [0.5, 0.6) is 5.75 Å². The molecular weight excluding hydrogens is 412 g/mol. The Labute approximate surface area is 181 Å². The number of carbonyl (C=O) groups is 1. The zero-order valence-corrected chi connectivity index (χ0v) is 17.8. The van der Waals surface area contributed by atoms with Crippen LogP contribution in [0.1, 0.15) is 21.5 Å². The Morgan fingerprint density at radius 3 is 2.06 bits per heavy atom. The summed E-state index contributed by atoms with van der Waals surface area (Å²) in [5, 5.41) is 9.41. The fourth-order valence-corrected chi connectivity index (χ4v) is 3.64. The molecule has 0 aromatic heterocycles. The van der Waals surface area contributed by atoms with Gasteiger partial charge in [-0.2, -0.15) is 5.26 Å². The second kappa shape index (κ2) is 9.39. The number of hydrogen-bond acceptors (Lipinski definition) is 5. The van der Waals surface area contributed by atoms with Crippen molar-refractivity contribution in [3.05, 3.63) is 95.6 Å². The summed E-state index contributed by atoms with van der Waals surface area (Å²) in [6, 6.07) is 23.8. The largest absolute Gasteiger partial charge is 0.423 e. The summed E-state index contributed by atoms with van der Waals surface area (Å²) < 4.78 is 30.7. The van der Waals surface area contributed by atoms with Crippen molar-refractivity contribution in [2.45, 2.75) is 4.90 Å². The summed E-state index contributed by atoms with van der Waals surface area (Å²) in [7, 11) is -0.682. The molecule has 7 heteroatoms. The summed E-state index contributed by atoms with van der Waals surface area (Å²) in [5.41, 5.74) is 2.37. The maximum atomic E-state index is 12.4. The third-order valence-electron chi connectivity index (χ3n) is 4.48. The van der Waals surface area contributed by atoms with Crippen LogP contribution in [-0.2, 0) is 10.0 Å². The van der Waals surface area contributed by atoms with Crippen molar-refractivity contribution >= 4 is 27.6 Å². The van der Waals surface area contributed by atoms with Gasteiger partial charge in [0.15, 0.2) is 0 Å². The highest BCUT2D eigenvalue weighted by Crippen LogP contribution is 2.21. The Hall–Kier alpha value is -3.73. The molecule has 0 saturated heterocycles. The molecule has 3 rings (SSSR count). The Morgan fingerprint density at radius 1 is 0.903 bits per heavy atom. The Balaban J connectivity index is 1.72. The lowest BCUT2D eigenvalue weighted by Gasteiger charge is -2.11. The number of carbonyl (C=O) groups excluding carboxylic acids is 1. The Kier molecular flexibility index (Phi) is 6.65. The number of allylic oxidation sites excluding steroid dienone is 1. The van der Waals surface area contributed by atoms with Crippen molar-refractivity contribution in [2.75, 3.05) is 14.1 Å². The van der Waals surface area contributed by atoms with E-state index >= 15 is 0 Å². The molecule has 3 aromatic carbocycles. The predicted molar refractivity (Wildman–Crippen MR) is 119 cm³/mol. The normalized spacial score (nSPS) is 11.7. The van der Waals surface area contributed by atoms with Crippen LogP contribution in [0.3, 0.4) is 0 Å². The minimum atomic E-state index is -3.56. The summed E-state index contributed by atoms with van der Waals surface area (Å²) >= 11 is 0. The maximum absolute atomic E-state index is 12.4. The summed E-state index contributed by atoms with van der Waals surface area (Å²) in [5.74, 6) is -0.260. The number of sulfonamides is 1. The van der Waals surface area contributed by atoms with Crippen LogP contribution in [0.25, 0.3) is 11.6 Å². The van der Waals surface area contributed by atoms with E-state index in [-0.39, 0.29) is 10.5 Å². The fourth-order valence-electron chi connectivity index (χ4n) is 2.74. The molecule has 3 aromatic rings. The Bertz CT molecular complexity index is 1240. The van der Waals surface area contributed by atoms with E-state index in [1.807, 2.05) is 30.3 Å². The lowest BCUT2D eigenvalue weighted by atomic mass is 10.0. The van der Waals surface area contributed by atoms with Gasteiger partial charge < -0.3 is 4.74 Å². The highest BCUT2D eigenvalue weighted by Gasteiger charge is 2.18. The number of rotatable bonds is 6. The molecule has 0 aliphatic heterocycles. The van der Waals surface area contributed by atoms with Crippen LogP contribution in [-0.4, -0.2) is 32.8 Å². The number of ether oxygens (including phenoxy) is 1. The zero-order chi connectivity index (χ0) is 22.4. The standard InChI is InChI=1S/C24H20N2O4S/c1-26(2)31(28,29)23-14-10-20(11-15-23)24(27)30-22-12-8-18(9-13-22)16-21(17-25)19-6-4-3-5-7-19/h3-16H,1-2H3/b21-16-. The van der Waals surface area contributed by atoms with Gasteiger partial charge in [0.2, 0.25) is 10.0 Å². The molecule has 156 valence electrons. The third kappa shape index (κ3) is 5.25. The lowest BCUT2D eigenvalue weighted by molar-refractivity contribution is 0.0734. The monoisotopic (exact) mass is 432 g/mol. The maximum Gasteiger partial charge on any atom is 0.343 e. The van der Waals surface area contributed by atoms with Crippen LogP contribution < -0.4 is 4.74 Å². The van der Waals surface area contributed by atoms with E-state index in [0.29, 0.717) is 11.3 Å². The van der Waals surface area contributed by atoms with Crippen LogP contribution in [0.15, 0.2) is 83.8 Å². The molecule has 0 heterocycles. The number of hydrogen-bond donors (Lipinski definition) is 0. The summed E-state index contributed by atoms with van der Waals surface area (Å²) in [6.45, 7) is 0. The van der Waals surface area contributed by atoms with E-state index in [1.54, 1.807) is 30.3 Å². The minimum absolute atomic E-state index is 0.0944. The minimum Gasteiger partial charge on any atom is -0.423 e. The van der Waals surface area contributed by atoms with Crippen LogP contribution in [0, 0.1) is 11.3 Å². The highest BCUT2D eigenvalue weighted by atomic mass is 32.2. The smallest absolute Gasteiger partial charge is 0.343 e. The number of nitriles is 1. The van der Waals surface area contributed by atoms with Crippen LogP contribution >= 0.6 is 0 Å². The summed E-state index contributed by atoms with van der Waals surface area (Å²) in [6.07, 6.45) is 1.75. The van der Waals surface area contributed by atoms with Crippen LogP contribution in [0.2, 0.25) is 0 Å². The molecule has 0 unspecified atom stereocenters. The van der Waals surface area contributed by atoms with E-state index in [0.717, 1.165) is 15.4 Å². The van der Waals surface area contributed by atoms with Crippen molar-refractivity contribution in [3.8, 4) is 11.8 Å². The van der Waals surface area contributed by atoms with Gasteiger partial charge in [0.1, 0.15) is 5.75 Å². The Morgan fingerprint density at radius 2 is 1.52 bits per heavy atom. The molecule has 0 atom stereocenters. The average Bonchev–Trinajstić information content (AvgIpc) is 2.79. The van der Waals surface area contributed by atoms with Gasteiger partial charge in [0.25, 0.3) is 0 Å². The second-order valence-electron chi connectivity index (χ2n) is 6.81. The molecule has 6 nitrogen and oxygen atoms in total. The first-order valence-electron chi connectivity index (χ1n) is 9.33. The average molecular weight is 433 g/mol. The molecule has 0 radical (unpaired) electrons. The van der Waals surface area contributed by atoms with E-state index in [4.69, 9.17) is 4.74 Å². The zero-order valence-electron chi connectivity index (χ0n) is 17.0. The van der Waals surface area contributed by atoms with Crippen molar-refractivity contribution in [2.24, 2.45) is 0 Å². The van der Waals surface area contributed by atoms with Crippen molar-refractivity contribution in [1.29, 1.82) is 5.26 Å². The molecule has 0 amide bonds. The first-order valence-corrected chi connectivity index (χ1v) is 10.8. The first-order chi connectivity index (χ1) is 14.8. The summed E-state index contributed by atoms with van der Waals surface area (Å²) in [4.78, 5) is 12.5. The van der Waals surface area contributed by atoms with E-state index in [9.17, 15) is 18.5 Å². The molecular formula is C24H20N2O4S. The van der Waals surface area contributed by atoms with Crippen molar-refractivity contribution in [1.82, 2.24) is 4.31 Å². The van der Waals surface area contributed by atoms with E-state index in [1.165, 1.54) is 38.4 Å². The lowest BCUT2D eigenvalue weighted by Crippen LogP contribution is -2.22. The molecule has 0 N–H and O–H groups in total. The molecule has 31 heavy (non-hydrogen) atoms. The molecule has 0 saturated carbocycles. The van der Waals surface area contributed by atoms with E-state index < -0.39 is 16.0 Å². The number of esters is 1. The predicted octanol–water partition coefficient (Wildman–Crippen LogP) is 4.22. The van der Waals surface area contributed by atoms with Crippen LogP contribution in [0.4, 0.5) is 0 Å². The quantitative estimate of drug-likeness (QED) is 0.252. The molecule has 0 aliphatic rings. The topological polar surface area (TPSA) is 87.5 Å². The second-order valence-corrected chi connectivity index (χ2v) is 8.96. The van der Waals surface area contributed by atoms with Gasteiger partial charge in [0, 0.05) is 14.1 Å². The van der Waals surface area contributed by atoms with Gasteiger partial charge in [-0.15, -0.1) is 0 Å². The van der Waals surface area contributed by atoms with Gasteiger partial charge in [-0.1, -0.05) is 42.5 Å². The van der Waals surface area contributed by atoms with Crippen molar-refractivity contribution < 1.29 is 17.9 Å². The molecule has 0 aliphatic carbocycles. The molecule has 0 bridgehead atoms. The SMILES string of the molecule is CN(C)S(=O)(=O)c1ccc(C(=O)Oc2ccc(/C=C(/C#N)c3ccccc3)cc2)cc1. The van der Waals surface area contributed by atoms with Gasteiger partial charge in [-0.25, -0.2) is 17.5 Å². The highest BCUT2D eigenvalue weighted by molar-refractivity contribution is 7.89. The first kappa shape index (κ1) is 22.0. The van der Waals surface area contributed by atoms with E-state index in [2.05, 4.69) is 6.07 Å². The van der Waals surface area contributed by atoms with Gasteiger partial charge in [0.05, 0.1) is 22.1 Å².